The third-order valence-electron chi connectivity index (χ3n) is 4.71. The van der Waals surface area contributed by atoms with Gasteiger partial charge in [0.1, 0.15) is 5.75 Å². The van der Waals surface area contributed by atoms with Gasteiger partial charge in [-0.3, -0.25) is 0 Å². The van der Waals surface area contributed by atoms with Gasteiger partial charge in [-0.15, -0.1) is 11.6 Å². The van der Waals surface area contributed by atoms with E-state index in [2.05, 4.69) is 37.9 Å². The number of nitrogens with zero attached hydrogens (tertiary/aromatic N) is 1. The van der Waals surface area contributed by atoms with Crippen molar-refractivity contribution in [1.29, 1.82) is 0 Å². The average molecular weight is 304 g/mol. The maximum absolute atomic E-state index is 10.6. The maximum Gasteiger partial charge on any atom is 0.125 e. The first kappa shape index (κ1) is 14.5. The summed E-state index contributed by atoms with van der Waals surface area (Å²) in [6.45, 7) is 5.24. The van der Waals surface area contributed by atoms with Gasteiger partial charge in [-0.25, -0.2) is 0 Å². The number of benzene rings is 2. The van der Waals surface area contributed by atoms with Crippen LogP contribution < -0.4 is 4.90 Å². The molecule has 1 atom stereocenters. The fraction of sp³-hybridized carbons (Fsp3) is 0.444. The predicted octanol–water partition coefficient (Wildman–Crippen LogP) is 4.44. The maximum atomic E-state index is 10.6. The third-order valence-corrected chi connectivity index (χ3v) is 5.09. The van der Waals surface area contributed by atoms with Gasteiger partial charge in [0.05, 0.1) is 0 Å². The molecular weight excluding hydrogens is 282 g/mol. The third kappa shape index (κ3) is 2.08. The first-order chi connectivity index (χ1) is 10.1. The molecule has 3 heteroatoms. The van der Waals surface area contributed by atoms with Gasteiger partial charge < -0.3 is 10.0 Å². The zero-order valence-corrected chi connectivity index (χ0v) is 13.7. The molecule has 1 heterocycles. The van der Waals surface area contributed by atoms with Crippen molar-refractivity contribution in [1.82, 2.24) is 0 Å². The summed E-state index contributed by atoms with van der Waals surface area (Å²) in [5, 5.41) is 12.9. The zero-order chi connectivity index (χ0) is 15.1. The molecule has 2 nitrogen and oxygen atoms in total. The molecule has 1 aliphatic rings. The van der Waals surface area contributed by atoms with E-state index in [0.717, 1.165) is 30.5 Å². The molecule has 0 unspecified atom stereocenters. The largest absolute Gasteiger partial charge is 0.507 e. The Morgan fingerprint density at radius 3 is 2.38 bits per heavy atom. The van der Waals surface area contributed by atoms with E-state index in [9.17, 15) is 5.11 Å². The molecule has 2 aromatic rings. The number of phenolic OH excluding ortho intramolecular Hbond substituents is 1. The number of hydrogen-bond acceptors (Lipinski definition) is 2. The lowest BCUT2D eigenvalue weighted by Crippen LogP contribution is -2.15. The lowest BCUT2D eigenvalue weighted by Gasteiger charge is -2.18. The molecule has 1 aliphatic heterocycles. The highest BCUT2D eigenvalue weighted by Crippen LogP contribution is 2.46. The molecule has 112 valence electrons. The molecule has 0 bridgehead atoms. The van der Waals surface area contributed by atoms with Crippen molar-refractivity contribution in [2.45, 2.75) is 32.6 Å². The molecular formula is C18H22ClNO. The summed E-state index contributed by atoms with van der Waals surface area (Å²) in [7, 11) is 2.08. The number of alkyl halides is 1. The van der Waals surface area contributed by atoms with Crippen LogP contribution in [0.2, 0.25) is 0 Å². The van der Waals surface area contributed by atoms with Crippen LogP contribution in [-0.4, -0.2) is 24.6 Å². The number of fused-ring (bicyclic) bond motifs is 3. The van der Waals surface area contributed by atoms with Crippen LogP contribution in [0.3, 0.4) is 0 Å². The fourth-order valence-electron chi connectivity index (χ4n) is 3.66. The first-order valence-electron chi connectivity index (χ1n) is 7.69. The van der Waals surface area contributed by atoms with Crippen molar-refractivity contribution in [3.05, 3.63) is 34.9 Å². The van der Waals surface area contributed by atoms with Crippen molar-refractivity contribution in [2.24, 2.45) is 0 Å². The zero-order valence-electron chi connectivity index (χ0n) is 12.9. The molecule has 2 aromatic carbocycles. The molecule has 21 heavy (non-hydrogen) atoms. The van der Waals surface area contributed by atoms with Gasteiger partial charge >= 0.3 is 0 Å². The van der Waals surface area contributed by atoms with E-state index in [4.69, 9.17) is 11.6 Å². The molecule has 0 saturated carbocycles. The lowest BCUT2D eigenvalue weighted by molar-refractivity contribution is 0.481. The second kappa shape index (κ2) is 5.42. The van der Waals surface area contributed by atoms with E-state index in [-0.39, 0.29) is 0 Å². The van der Waals surface area contributed by atoms with Gasteiger partial charge in [-0.2, -0.15) is 0 Å². The van der Waals surface area contributed by atoms with Crippen LogP contribution in [0, 0.1) is 0 Å². The summed E-state index contributed by atoms with van der Waals surface area (Å²) in [6.07, 6.45) is 1.89. The molecule has 0 saturated heterocycles. The number of phenols is 1. The number of hydrogen-bond donors (Lipinski definition) is 1. The average Bonchev–Trinajstić information content (AvgIpc) is 2.82. The smallest absolute Gasteiger partial charge is 0.125 e. The van der Waals surface area contributed by atoms with Crippen LogP contribution >= 0.6 is 11.6 Å². The Hall–Kier alpha value is -1.41. The normalized spacial score (nSPS) is 17.5. The molecule has 0 aromatic heterocycles. The summed E-state index contributed by atoms with van der Waals surface area (Å²) < 4.78 is 0. The minimum atomic E-state index is 0.340. The molecule has 0 amide bonds. The highest BCUT2D eigenvalue weighted by atomic mass is 35.5. The first-order valence-corrected chi connectivity index (χ1v) is 8.23. The number of likely N-dealkylation sites (N-methyl/N-ethyl adjacent to an activating group) is 1. The Kier molecular flexibility index (Phi) is 3.75. The fourth-order valence-corrected chi connectivity index (χ4v) is 3.91. The second-order valence-electron chi connectivity index (χ2n) is 5.90. The van der Waals surface area contributed by atoms with Crippen molar-refractivity contribution in [3.63, 3.8) is 0 Å². The monoisotopic (exact) mass is 303 g/mol. The Balaban J connectivity index is 2.46. The van der Waals surface area contributed by atoms with Gasteiger partial charge in [0.15, 0.2) is 0 Å². The van der Waals surface area contributed by atoms with Crippen LogP contribution in [0.25, 0.3) is 10.8 Å². The van der Waals surface area contributed by atoms with E-state index in [1.54, 1.807) is 0 Å². The summed E-state index contributed by atoms with van der Waals surface area (Å²) >= 11 is 6.22. The summed E-state index contributed by atoms with van der Waals surface area (Å²) in [6, 6.07) is 6.29. The predicted molar refractivity (Wildman–Crippen MR) is 91.1 cm³/mol. The van der Waals surface area contributed by atoms with E-state index in [0.29, 0.717) is 17.5 Å². The SMILES string of the molecule is CCc1ccc(CC)c2c3c(cc(O)c12)N(C)C[C@H]3CCl. The number of rotatable bonds is 3. The topological polar surface area (TPSA) is 23.5 Å². The van der Waals surface area contributed by atoms with Gasteiger partial charge in [0.25, 0.3) is 0 Å². The molecule has 0 aliphatic carbocycles. The Bertz CT molecular complexity index is 695. The molecule has 0 fully saturated rings. The quantitative estimate of drug-likeness (QED) is 0.847. The highest BCUT2D eigenvalue weighted by Gasteiger charge is 2.30. The summed E-state index contributed by atoms with van der Waals surface area (Å²) in [4.78, 5) is 2.21. The second-order valence-corrected chi connectivity index (χ2v) is 6.21. The number of aryl methyl sites for hydroxylation is 2. The molecule has 0 radical (unpaired) electrons. The van der Waals surface area contributed by atoms with E-state index in [1.807, 2.05) is 6.07 Å². The van der Waals surface area contributed by atoms with Gasteiger partial charge in [-0.1, -0.05) is 26.0 Å². The Labute approximate surface area is 131 Å². The minimum absolute atomic E-state index is 0.340. The van der Waals surface area contributed by atoms with Crippen molar-refractivity contribution < 1.29 is 5.11 Å². The Morgan fingerprint density at radius 2 is 1.81 bits per heavy atom. The standard InChI is InChI=1S/C18H22ClNO/c1-4-11-6-7-12(5-2)18-16-13(9-19)10-20(3)14(16)8-15(21)17(11)18/h6-8,13,21H,4-5,9-10H2,1-3H3/t13-/m1/s1. The summed E-state index contributed by atoms with van der Waals surface area (Å²) in [5.74, 6) is 1.36. The molecule has 1 N–H and O–H groups in total. The van der Waals surface area contributed by atoms with Crippen LogP contribution in [0.5, 0.6) is 5.75 Å². The van der Waals surface area contributed by atoms with E-state index < -0.39 is 0 Å². The van der Waals surface area contributed by atoms with Gasteiger partial charge in [0.2, 0.25) is 0 Å². The number of halogens is 1. The molecule has 0 spiro atoms. The van der Waals surface area contributed by atoms with Crippen LogP contribution in [0.4, 0.5) is 5.69 Å². The molecule has 3 rings (SSSR count). The number of anilines is 1. The van der Waals surface area contributed by atoms with Crippen molar-refractivity contribution >= 4 is 28.1 Å². The van der Waals surface area contributed by atoms with Gasteiger partial charge in [-0.05, 0) is 34.9 Å². The van der Waals surface area contributed by atoms with Crippen LogP contribution in [0.15, 0.2) is 18.2 Å². The van der Waals surface area contributed by atoms with E-state index in [1.165, 1.54) is 22.1 Å². The van der Waals surface area contributed by atoms with Crippen molar-refractivity contribution in [2.75, 3.05) is 24.4 Å². The van der Waals surface area contributed by atoms with E-state index >= 15 is 0 Å². The van der Waals surface area contributed by atoms with Crippen molar-refractivity contribution in [3.8, 4) is 5.75 Å². The highest BCUT2D eigenvalue weighted by molar-refractivity contribution is 6.19. The van der Waals surface area contributed by atoms with Gasteiger partial charge in [0, 0.05) is 42.5 Å². The lowest BCUT2D eigenvalue weighted by atomic mass is 9.88. The van der Waals surface area contributed by atoms with Crippen LogP contribution in [0.1, 0.15) is 36.5 Å². The summed E-state index contributed by atoms with van der Waals surface area (Å²) in [5.41, 5.74) is 4.98. The number of aromatic hydroxyl groups is 1. The van der Waals surface area contributed by atoms with Crippen LogP contribution in [-0.2, 0) is 12.8 Å². The Morgan fingerprint density at radius 1 is 1.19 bits per heavy atom. The minimum Gasteiger partial charge on any atom is -0.507 e.